The number of benzene rings is 1. The van der Waals surface area contributed by atoms with Gasteiger partial charge in [-0.15, -0.1) is 0 Å². The summed E-state index contributed by atoms with van der Waals surface area (Å²) >= 11 is 0. The van der Waals surface area contributed by atoms with Gasteiger partial charge in [0.25, 0.3) is 11.8 Å². The number of nitrogens with one attached hydrogen (secondary N) is 2. The maximum absolute atomic E-state index is 12.3. The Morgan fingerprint density at radius 3 is 3.04 bits per heavy atom. The van der Waals surface area contributed by atoms with Gasteiger partial charge in [0.2, 0.25) is 0 Å². The quantitative estimate of drug-likeness (QED) is 0.847. The molecule has 0 aliphatic carbocycles. The molecule has 2 amide bonds. The molecular formula is C19H20N4O3. The number of likely N-dealkylation sites (tertiary alicyclic amines) is 1. The van der Waals surface area contributed by atoms with E-state index < -0.39 is 0 Å². The monoisotopic (exact) mass is 352 g/mol. The zero-order valence-corrected chi connectivity index (χ0v) is 14.3. The van der Waals surface area contributed by atoms with E-state index in [0.29, 0.717) is 29.5 Å². The SMILES string of the molecule is O=C1COc2cc(C(=O)NCC3CN(Cc4cccnc4)C3)ccc2N1. The summed E-state index contributed by atoms with van der Waals surface area (Å²) in [5, 5.41) is 5.69. The first kappa shape index (κ1) is 16.5. The van der Waals surface area contributed by atoms with Crippen molar-refractivity contribution in [2.75, 3.05) is 31.6 Å². The maximum Gasteiger partial charge on any atom is 0.262 e. The highest BCUT2D eigenvalue weighted by atomic mass is 16.5. The van der Waals surface area contributed by atoms with Gasteiger partial charge in [0.15, 0.2) is 6.61 Å². The molecule has 2 aliphatic rings. The van der Waals surface area contributed by atoms with Crippen molar-refractivity contribution in [2.45, 2.75) is 6.54 Å². The summed E-state index contributed by atoms with van der Waals surface area (Å²) in [4.78, 5) is 30.1. The van der Waals surface area contributed by atoms with Crippen LogP contribution in [-0.2, 0) is 11.3 Å². The molecule has 3 heterocycles. The number of amides is 2. The molecule has 0 unspecified atom stereocenters. The van der Waals surface area contributed by atoms with Crippen molar-refractivity contribution in [3.63, 3.8) is 0 Å². The minimum absolute atomic E-state index is 0.0209. The summed E-state index contributed by atoms with van der Waals surface area (Å²) in [5.41, 5.74) is 2.34. The second kappa shape index (κ2) is 7.13. The third-order valence-electron chi connectivity index (χ3n) is 4.59. The van der Waals surface area contributed by atoms with Crippen molar-refractivity contribution in [3.8, 4) is 5.75 Å². The van der Waals surface area contributed by atoms with Crippen LogP contribution in [0.5, 0.6) is 5.75 Å². The van der Waals surface area contributed by atoms with Crippen LogP contribution in [0.15, 0.2) is 42.7 Å². The number of carbonyl (C=O) groups excluding carboxylic acids is 2. The van der Waals surface area contributed by atoms with Gasteiger partial charge in [0, 0.05) is 50.1 Å². The molecule has 2 aromatic rings. The molecule has 134 valence electrons. The lowest BCUT2D eigenvalue weighted by Gasteiger charge is -2.39. The molecule has 0 bridgehead atoms. The fourth-order valence-corrected chi connectivity index (χ4v) is 3.24. The Morgan fingerprint density at radius 2 is 2.23 bits per heavy atom. The lowest BCUT2D eigenvalue weighted by Crippen LogP contribution is -2.50. The second-order valence-electron chi connectivity index (χ2n) is 6.68. The Hall–Kier alpha value is -2.93. The molecule has 26 heavy (non-hydrogen) atoms. The van der Waals surface area contributed by atoms with Crippen molar-refractivity contribution in [2.24, 2.45) is 5.92 Å². The van der Waals surface area contributed by atoms with Crippen LogP contribution < -0.4 is 15.4 Å². The van der Waals surface area contributed by atoms with Gasteiger partial charge >= 0.3 is 0 Å². The number of ether oxygens (including phenoxy) is 1. The van der Waals surface area contributed by atoms with Crippen molar-refractivity contribution >= 4 is 17.5 Å². The van der Waals surface area contributed by atoms with Gasteiger partial charge in [0.05, 0.1) is 5.69 Å². The molecule has 4 rings (SSSR count). The van der Waals surface area contributed by atoms with E-state index in [0.717, 1.165) is 19.6 Å². The largest absolute Gasteiger partial charge is 0.482 e. The Morgan fingerprint density at radius 1 is 1.35 bits per heavy atom. The van der Waals surface area contributed by atoms with Gasteiger partial charge in [-0.1, -0.05) is 6.07 Å². The fourth-order valence-electron chi connectivity index (χ4n) is 3.24. The summed E-state index contributed by atoms with van der Waals surface area (Å²) < 4.78 is 5.35. The summed E-state index contributed by atoms with van der Waals surface area (Å²) in [6.45, 7) is 3.46. The van der Waals surface area contributed by atoms with Crippen molar-refractivity contribution in [3.05, 3.63) is 53.9 Å². The number of fused-ring (bicyclic) bond motifs is 1. The van der Waals surface area contributed by atoms with Crippen LogP contribution in [0.25, 0.3) is 0 Å². The van der Waals surface area contributed by atoms with Gasteiger partial charge < -0.3 is 15.4 Å². The minimum Gasteiger partial charge on any atom is -0.482 e. The molecule has 0 atom stereocenters. The summed E-state index contributed by atoms with van der Waals surface area (Å²) in [6, 6.07) is 9.07. The smallest absolute Gasteiger partial charge is 0.262 e. The van der Waals surface area contributed by atoms with E-state index in [4.69, 9.17) is 4.74 Å². The molecule has 0 saturated carbocycles. The van der Waals surface area contributed by atoms with E-state index in [1.807, 2.05) is 12.3 Å². The van der Waals surface area contributed by atoms with Crippen molar-refractivity contribution in [1.29, 1.82) is 0 Å². The van der Waals surface area contributed by atoms with Crippen molar-refractivity contribution in [1.82, 2.24) is 15.2 Å². The normalized spacial score (nSPS) is 16.8. The summed E-state index contributed by atoms with van der Waals surface area (Å²) in [7, 11) is 0. The Labute approximate surface area is 151 Å². The first-order valence-electron chi connectivity index (χ1n) is 8.63. The molecular weight excluding hydrogens is 332 g/mol. The van der Waals surface area contributed by atoms with Crippen LogP contribution >= 0.6 is 0 Å². The van der Waals surface area contributed by atoms with E-state index in [1.165, 1.54) is 5.56 Å². The molecule has 1 aromatic heterocycles. The highest BCUT2D eigenvalue weighted by Gasteiger charge is 2.27. The van der Waals surface area contributed by atoms with E-state index in [1.54, 1.807) is 24.4 Å². The lowest BCUT2D eigenvalue weighted by molar-refractivity contribution is -0.118. The molecule has 2 aliphatic heterocycles. The number of hydrogen-bond acceptors (Lipinski definition) is 5. The zero-order valence-electron chi connectivity index (χ0n) is 14.3. The average molecular weight is 352 g/mol. The van der Waals surface area contributed by atoms with Crippen molar-refractivity contribution < 1.29 is 14.3 Å². The number of carbonyl (C=O) groups is 2. The van der Waals surface area contributed by atoms with Gasteiger partial charge in [-0.3, -0.25) is 19.5 Å². The third-order valence-corrected chi connectivity index (χ3v) is 4.59. The molecule has 0 spiro atoms. The van der Waals surface area contributed by atoms with E-state index in [2.05, 4.69) is 26.6 Å². The maximum atomic E-state index is 12.3. The zero-order chi connectivity index (χ0) is 17.9. The molecule has 2 N–H and O–H groups in total. The molecule has 1 saturated heterocycles. The van der Waals surface area contributed by atoms with Crippen LogP contribution in [0.2, 0.25) is 0 Å². The van der Waals surface area contributed by atoms with Crippen LogP contribution in [0.3, 0.4) is 0 Å². The van der Waals surface area contributed by atoms with Gasteiger partial charge in [-0.05, 0) is 29.8 Å². The van der Waals surface area contributed by atoms with Crippen LogP contribution in [0.4, 0.5) is 5.69 Å². The number of rotatable bonds is 5. The lowest BCUT2D eigenvalue weighted by atomic mass is 9.99. The standard InChI is InChI=1S/C19H20N4O3/c24-18-12-26-17-6-15(3-4-16(17)22-18)19(25)21-8-14-10-23(11-14)9-13-2-1-5-20-7-13/h1-7,14H,8-12H2,(H,21,25)(H,22,24). The first-order valence-corrected chi connectivity index (χ1v) is 8.63. The number of nitrogens with zero attached hydrogens (tertiary/aromatic N) is 2. The van der Waals surface area contributed by atoms with Crippen LogP contribution in [-0.4, -0.2) is 47.9 Å². The Kier molecular flexibility index (Phi) is 4.53. The number of hydrogen-bond donors (Lipinski definition) is 2. The minimum atomic E-state index is -0.185. The second-order valence-corrected chi connectivity index (χ2v) is 6.68. The van der Waals surface area contributed by atoms with E-state index in [-0.39, 0.29) is 18.4 Å². The molecule has 0 radical (unpaired) electrons. The molecule has 1 aromatic carbocycles. The predicted octanol–water partition coefficient (Wildman–Crippen LogP) is 1.27. The van der Waals surface area contributed by atoms with E-state index in [9.17, 15) is 9.59 Å². The highest BCUT2D eigenvalue weighted by Crippen LogP contribution is 2.28. The number of aromatic nitrogens is 1. The molecule has 1 fully saturated rings. The third kappa shape index (κ3) is 3.67. The summed E-state index contributed by atoms with van der Waals surface area (Å²) in [5.74, 6) is 0.682. The molecule has 7 heteroatoms. The van der Waals surface area contributed by atoms with Crippen LogP contribution in [0, 0.1) is 5.92 Å². The summed E-state index contributed by atoms with van der Waals surface area (Å²) in [6.07, 6.45) is 3.66. The average Bonchev–Trinajstić information content (AvgIpc) is 2.63. The number of anilines is 1. The van der Waals surface area contributed by atoms with Gasteiger partial charge in [-0.2, -0.15) is 0 Å². The Bertz CT molecular complexity index is 819. The Balaban J connectivity index is 1.24. The topological polar surface area (TPSA) is 83.6 Å². The molecule has 7 nitrogen and oxygen atoms in total. The fraction of sp³-hybridized carbons (Fsp3) is 0.316. The highest BCUT2D eigenvalue weighted by molar-refractivity contribution is 5.98. The van der Waals surface area contributed by atoms with Crippen LogP contribution in [0.1, 0.15) is 15.9 Å². The number of pyridine rings is 1. The van der Waals surface area contributed by atoms with E-state index >= 15 is 0 Å². The van der Waals surface area contributed by atoms with Gasteiger partial charge in [-0.25, -0.2) is 0 Å². The van der Waals surface area contributed by atoms with Gasteiger partial charge in [0.1, 0.15) is 5.75 Å². The predicted molar refractivity (Wildman–Crippen MR) is 95.9 cm³/mol. The first-order chi connectivity index (χ1) is 12.7.